The van der Waals surface area contributed by atoms with E-state index in [9.17, 15) is 14.7 Å². The number of aromatic amines is 1. The van der Waals surface area contributed by atoms with Crippen molar-refractivity contribution in [2.24, 2.45) is 0 Å². The molecule has 2 heterocycles. The first-order valence-electron chi connectivity index (χ1n) is 6.77. The third-order valence-corrected chi connectivity index (χ3v) is 5.38. The van der Waals surface area contributed by atoms with Gasteiger partial charge in [0.1, 0.15) is 0 Å². The fourth-order valence-corrected chi connectivity index (χ4v) is 3.71. The molecule has 0 saturated carbocycles. The Morgan fingerprint density at radius 3 is 2.80 bits per heavy atom. The summed E-state index contributed by atoms with van der Waals surface area (Å²) in [5.74, 6) is 0.0653. The fraction of sp³-hybridized carbons (Fsp3) is 0.692. The number of aliphatic hydroxyl groups excluding tert-OH is 2. The molecule has 4 atom stereocenters. The molecule has 0 spiro atoms. The van der Waals surface area contributed by atoms with Crippen molar-refractivity contribution < 1.29 is 10.2 Å². The van der Waals surface area contributed by atoms with Crippen LogP contribution in [0.4, 0.5) is 0 Å². The van der Waals surface area contributed by atoms with Crippen LogP contribution in [0.5, 0.6) is 0 Å². The Balaban J connectivity index is 2.38. The summed E-state index contributed by atoms with van der Waals surface area (Å²) in [6, 6.07) is 0. The molecule has 7 heteroatoms. The Hall–Kier alpha value is -1.05. The average molecular weight is 300 g/mol. The maximum Gasteiger partial charge on any atom is 0.329 e. The first kappa shape index (κ1) is 15.3. The van der Waals surface area contributed by atoms with Crippen LogP contribution >= 0.6 is 11.8 Å². The first-order valence-corrected chi connectivity index (χ1v) is 7.72. The van der Waals surface area contributed by atoms with Gasteiger partial charge in [-0.15, -0.1) is 11.8 Å². The van der Waals surface area contributed by atoms with E-state index in [2.05, 4.69) is 4.98 Å². The minimum Gasteiger partial charge on any atom is -0.395 e. The Bertz CT molecular complexity index is 582. The van der Waals surface area contributed by atoms with E-state index in [0.29, 0.717) is 12.0 Å². The third-order valence-electron chi connectivity index (χ3n) is 3.83. The number of nitrogens with zero attached hydrogens (tertiary/aromatic N) is 1. The summed E-state index contributed by atoms with van der Waals surface area (Å²) in [5.41, 5.74) is -0.233. The van der Waals surface area contributed by atoms with Crippen molar-refractivity contribution in [2.75, 3.05) is 6.61 Å². The maximum absolute atomic E-state index is 11.9. The molecular weight excluding hydrogens is 280 g/mol. The second-order valence-electron chi connectivity index (χ2n) is 5.18. The molecule has 2 rings (SSSR count). The number of aromatic nitrogens is 2. The minimum atomic E-state index is -0.638. The Morgan fingerprint density at radius 2 is 2.25 bits per heavy atom. The Kier molecular flexibility index (Phi) is 4.72. The van der Waals surface area contributed by atoms with E-state index in [1.807, 2.05) is 13.8 Å². The van der Waals surface area contributed by atoms with Gasteiger partial charge in [-0.3, -0.25) is 14.3 Å². The monoisotopic (exact) mass is 300 g/mol. The zero-order valence-electron chi connectivity index (χ0n) is 11.6. The van der Waals surface area contributed by atoms with E-state index in [-0.39, 0.29) is 28.7 Å². The van der Waals surface area contributed by atoms with Crippen LogP contribution in [0.2, 0.25) is 0 Å². The zero-order chi connectivity index (χ0) is 14.9. The lowest BCUT2D eigenvalue weighted by molar-refractivity contribution is 0.137. The zero-order valence-corrected chi connectivity index (χ0v) is 12.4. The van der Waals surface area contributed by atoms with E-state index >= 15 is 0 Å². The summed E-state index contributed by atoms with van der Waals surface area (Å²) < 4.78 is 1.46. The maximum atomic E-state index is 11.9. The van der Waals surface area contributed by atoms with Crippen molar-refractivity contribution >= 4 is 11.8 Å². The van der Waals surface area contributed by atoms with Crippen molar-refractivity contribution in [3.63, 3.8) is 0 Å². The summed E-state index contributed by atoms with van der Waals surface area (Å²) in [5, 5.41) is 18.5. The third kappa shape index (κ3) is 2.84. The van der Waals surface area contributed by atoms with Crippen molar-refractivity contribution in [2.45, 2.75) is 49.3 Å². The van der Waals surface area contributed by atoms with Crippen LogP contribution in [-0.4, -0.2) is 37.7 Å². The highest BCUT2D eigenvalue weighted by Crippen LogP contribution is 2.40. The van der Waals surface area contributed by atoms with Gasteiger partial charge in [0.2, 0.25) is 0 Å². The number of rotatable bonds is 4. The molecule has 1 aromatic heterocycles. The van der Waals surface area contributed by atoms with Gasteiger partial charge in [0.15, 0.2) is 0 Å². The quantitative estimate of drug-likeness (QED) is 0.748. The summed E-state index contributed by atoms with van der Waals surface area (Å²) in [7, 11) is 0. The number of aliphatic hydroxyl groups is 2. The molecular formula is C13H20N2O4S. The first-order chi connectivity index (χ1) is 9.47. The molecule has 0 amide bonds. The lowest BCUT2D eigenvalue weighted by Crippen LogP contribution is -2.33. The van der Waals surface area contributed by atoms with Crippen molar-refractivity contribution in [3.8, 4) is 0 Å². The molecule has 1 fully saturated rings. The van der Waals surface area contributed by atoms with Gasteiger partial charge in [0.25, 0.3) is 5.56 Å². The van der Waals surface area contributed by atoms with Crippen LogP contribution in [0.3, 0.4) is 0 Å². The topological polar surface area (TPSA) is 95.3 Å². The molecule has 1 aliphatic heterocycles. The molecule has 0 bridgehead atoms. The van der Waals surface area contributed by atoms with E-state index < -0.39 is 11.8 Å². The molecule has 1 aromatic rings. The largest absolute Gasteiger partial charge is 0.395 e. The van der Waals surface area contributed by atoms with Crippen LogP contribution in [-0.2, 0) is 0 Å². The van der Waals surface area contributed by atoms with Gasteiger partial charge in [-0.25, -0.2) is 4.79 Å². The predicted octanol–water partition coefficient (Wildman–Crippen LogP) is 0.407. The van der Waals surface area contributed by atoms with Gasteiger partial charge in [-0.05, 0) is 12.3 Å². The average Bonchev–Trinajstić information content (AvgIpc) is 2.79. The number of thioether (sulfide) groups is 1. The number of nitrogens with one attached hydrogen (secondary N) is 1. The highest BCUT2D eigenvalue weighted by molar-refractivity contribution is 8.00. The summed E-state index contributed by atoms with van der Waals surface area (Å²) in [6.07, 6.45) is 2.16. The molecule has 0 aliphatic carbocycles. The fourth-order valence-electron chi connectivity index (χ4n) is 2.34. The summed E-state index contributed by atoms with van der Waals surface area (Å²) in [4.78, 5) is 26.1. The Labute approximate surface area is 120 Å². The van der Waals surface area contributed by atoms with Gasteiger partial charge >= 0.3 is 5.69 Å². The van der Waals surface area contributed by atoms with Gasteiger partial charge in [0.05, 0.1) is 23.3 Å². The van der Waals surface area contributed by atoms with Crippen LogP contribution in [0.1, 0.15) is 43.5 Å². The van der Waals surface area contributed by atoms with Gasteiger partial charge in [-0.1, -0.05) is 13.8 Å². The standard InChI is InChI=1S/C13H20N2O4S/c1-3-7(2)8-5-15(13(19)14-12(8)18)11-4-9(17)10(6-16)20-11/h5,7,9-11,16-17H,3-4,6H2,1-2H3,(H,14,18,19)/t7?,9-,10+,11?/m0/s1. The molecule has 0 radical (unpaired) electrons. The Morgan fingerprint density at radius 1 is 1.55 bits per heavy atom. The van der Waals surface area contributed by atoms with Gasteiger partial charge in [0, 0.05) is 18.2 Å². The molecule has 20 heavy (non-hydrogen) atoms. The lowest BCUT2D eigenvalue weighted by atomic mass is 10.0. The van der Waals surface area contributed by atoms with E-state index in [4.69, 9.17) is 5.11 Å². The van der Waals surface area contributed by atoms with Crippen LogP contribution in [0, 0.1) is 0 Å². The van der Waals surface area contributed by atoms with Gasteiger partial charge in [-0.2, -0.15) is 0 Å². The second-order valence-corrected chi connectivity index (χ2v) is 6.60. The van der Waals surface area contributed by atoms with Crippen molar-refractivity contribution in [3.05, 3.63) is 32.6 Å². The molecule has 1 saturated heterocycles. The second kappa shape index (κ2) is 6.15. The van der Waals surface area contributed by atoms with Crippen LogP contribution in [0.15, 0.2) is 15.8 Å². The molecule has 3 N–H and O–H groups in total. The number of H-pyrrole nitrogens is 1. The molecule has 112 valence electrons. The number of hydrogen-bond acceptors (Lipinski definition) is 5. The highest BCUT2D eigenvalue weighted by Gasteiger charge is 2.35. The smallest absolute Gasteiger partial charge is 0.329 e. The highest BCUT2D eigenvalue weighted by atomic mass is 32.2. The van der Waals surface area contributed by atoms with E-state index in [1.54, 1.807) is 6.20 Å². The molecule has 6 nitrogen and oxygen atoms in total. The van der Waals surface area contributed by atoms with Crippen molar-refractivity contribution in [1.29, 1.82) is 0 Å². The molecule has 0 aromatic carbocycles. The minimum absolute atomic E-state index is 0.0653. The normalized spacial score (nSPS) is 27.7. The summed E-state index contributed by atoms with van der Waals surface area (Å²) >= 11 is 1.36. The SMILES string of the molecule is CCC(C)c1cn(C2C[C@H](O)[C@@H](CO)S2)c(=O)[nH]c1=O. The number of hydrogen-bond donors (Lipinski definition) is 3. The molecule has 2 unspecified atom stereocenters. The van der Waals surface area contributed by atoms with Crippen LogP contribution < -0.4 is 11.2 Å². The van der Waals surface area contributed by atoms with E-state index in [1.165, 1.54) is 16.3 Å². The van der Waals surface area contributed by atoms with E-state index in [0.717, 1.165) is 6.42 Å². The van der Waals surface area contributed by atoms with Gasteiger partial charge < -0.3 is 10.2 Å². The predicted molar refractivity (Wildman–Crippen MR) is 78.2 cm³/mol. The molecule has 1 aliphatic rings. The van der Waals surface area contributed by atoms with Crippen LogP contribution in [0.25, 0.3) is 0 Å². The summed E-state index contributed by atoms with van der Waals surface area (Å²) in [6.45, 7) is 3.79. The van der Waals surface area contributed by atoms with Crippen molar-refractivity contribution in [1.82, 2.24) is 9.55 Å². The lowest BCUT2D eigenvalue weighted by Gasteiger charge is -2.16.